The summed E-state index contributed by atoms with van der Waals surface area (Å²) in [5.41, 5.74) is 2.10. The maximum atomic E-state index is 13.8. The number of aromatic nitrogens is 1. The SMILES string of the molecule is CC(C)c1nc2c(c(-c3cccs3)c1C(=O)c1ccc(C(F)(F)F)cc1)C(=O)CC1(CCC1)C2. The van der Waals surface area contributed by atoms with Crippen LogP contribution in [0.4, 0.5) is 13.2 Å². The van der Waals surface area contributed by atoms with Crippen molar-refractivity contribution in [2.24, 2.45) is 5.41 Å². The molecule has 34 heavy (non-hydrogen) atoms. The van der Waals surface area contributed by atoms with E-state index >= 15 is 0 Å². The number of carbonyl (C=O) groups is 2. The summed E-state index contributed by atoms with van der Waals surface area (Å²) in [5.74, 6) is -0.506. The third-order valence-electron chi connectivity index (χ3n) is 7.09. The molecule has 1 spiro atoms. The number of alkyl halides is 3. The van der Waals surface area contributed by atoms with Crippen molar-refractivity contribution in [1.82, 2.24) is 4.98 Å². The van der Waals surface area contributed by atoms with Gasteiger partial charge in [0, 0.05) is 28.0 Å². The molecular weight excluding hydrogens is 459 g/mol. The van der Waals surface area contributed by atoms with Crippen LogP contribution in [-0.4, -0.2) is 16.6 Å². The van der Waals surface area contributed by atoms with E-state index in [0.717, 1.165) is 48.4 Å². The van der Waals surface area contributed by atoms with Gasteiger partial charge in [0.15, 0.2) is 11.6 Å². The van der Waals surface area contributed by atoms with Crippen LogP contribution >= 0.6 is 11.3 Å². The predicted octanol–water partition coefficient (Wildman–Crippen LogP) is 7.48. The maximum absolute atomic E-state index is 13.8. The summed E-state index contributed by atoms with van der Waals surface area (Å²) in [4.78, 5) is 33.0. The van der Waals surface area contributed by atoms with Crippen LogP contribution in [0.25, 0.3) is 10.4 Å². The third kappa shape index (κ3) is 3.80. The van der Waals surface area contributed by atoms with Gasteiger partial charge in [-0.15, -0.1) is 11.3 Å². The van der Waals surface area contributed by atoms with Crippen molar-refractivity contribution >= 4 is 22.9 Å². The molecule has 0 radical (unpaired) electrons. The predicted molar refractivity (Wildman–Crippen MR) is 125 cm³/mol. The fourth-order valence-electron chi connectivity index (χ4n) is 5.23. The molecule has 176 valence electrons. The normalized spacial score (nSPS) is 17.1. The number of halogens is 3. The van der Waals surface area contributed by atoms with Gasteiger partial charge in [-0.3, -0.25) is 14.6 Å². The second-order valence-electron chi connectivity index (χ2n) is 9.74. The zero-order valence-electron chi connectivity index (χ0n) is 19.0. The Kier molecular flexibility index (Phi) is 5.51. The number of nitrogens with zero attached hydrogens (tertiary/aromatic N) is 1. The van der Waals surface area contributed by atoms with E-state index < -0.39 is 17.5 Å². The zero-order valence-corrected chi connectivity index (χ0v) is 19.8. The molecule has 2 aliphatic rings. The van der Waals surface area contributed by atoms with E-state index in [4.69, 9.17) is 4.98 Å². The van der Waals surface area contributed by atoms with E-state index in [1.165, 1.54) is 23.5 Å². The van der Waals surface area contributed by atoms with Crippen molar-refractivity contribution in [3.8, 4) is 10.4 Å². The molecule has 1 saturated carbocycles. The Balaban J connectivity index is 1.73. The van der Waals surface area contributed by atoms with Crippen LogP contribution in [0.15, 0.2) is 41.8 Å². The number of hydrogen-bond donors (Lipinski definition) is 0. The van der Waals surface area contributed by atoms with Crippen LogP contribution in [0, 0.1) is 5.41 Å². The second kappa shape index (κ2) is 8.15. The van der Waals surface area contributed by atoms with Crippen LogP contribution in [0.3, 0.4) is 0 Å². The highest BCUT2D eigenvalue weighted by Gasteiger charge is 2.45. The summed E-state index contributed by atoms with van der Waals surface area (Å²) in [6.07, 6.45) is -0.170. The van der Waals surface area contributed by atoms with Crippen molar-refractivity contribution in [2.75, 3.05) is 0 Å². The summed E-state index contributed by atoms with van der Waals surface area (Å²) in [6, 6.07) is 8.01. The molecule has 0 N–H and O–H groups in total. The van der Waals surface area contributed by atoms with Gasteiger partial charge < -0.3 is 0 Å². The van der Waals surface area contributed by atoms with Gasteiger partial charge in [0.1, 0.15) is 0 Å². The molecule has 0 unspecified atom stereocenters. The smallest absolute Gasteiger partial charge is 0.294 e. The second-order valence-corrected chi connectivity index (χ2v) is 10.7. The number of rotatable bonds is 4. The Morgan fingerprint density at radius 2 is 1.76 bits per heavy atom. The number of pyridine rings is 1. The molecule has 0 amide bonds. The van der Waals surface area contributed by atoms with Gasteiger partial charge in [-0.25, -0.2) is 0 Å². The first-order valence-electron chi connectivity index (χ1n) is 11.5. The van der Waals surface area contributed by atoms with E-state index in [1.54, 1.807) is 0 Å². The fraction of sp³-hybridized carbons (Fsp3) is 0.370. The van der Waals surface area contributed by atoms with Crippen molar-refractivity contribution in [2.45, 2.75) is 58.0 Å². The number of thiophene rings is 1. The van der Waals surface area contributed by atoms with Crippen molar-refractivity contribution in [3.05, 3.63) is 75.4 Å². The van der Waals surface area contributed by atoms with Gasteiger partial charge in [0.05, 0.1) is 22.5 Å². The van der Waals surface area contributed by atoms with Gasteiger partial charge in [-0.05, 0) is 54.2 Å². The van der Waals surface area contributed by atoms with Crippen LogP contribution in [0.2, 0.25) is 0 Å². The highest BCUT2D eigenvalue weighted by Crippen LogP contribution is 2.52. The van der Waals surface area contributed by atoms with E-state index in [0.29, 0.717) is 28.8 Å². The highest BCUT2D eigenvalue weighted by atomic mass is 32.1. The topological polar surface area (TPSA) is 47.0 Å². The summed E-state index contributed by atoms with van der Waals surface area (Å²) in [6.45, 7) is 3.89. The summed E-state index contributed by atoms with van der Waals surface area (Å²) >= 11 is 1.44. The molecule has 0 atom stereocenters. The average Bonchev–Trinajstić information content (AvgIpc) is 3.30. The van der Waals surface area contributed by atoms with Crippen LogP contribution in [-0.2, 0) is 12.6 Å². The standard InChI is InChI=1S/C27H24F3NO2S/c1-15(2)24-23(25(33)16-6-8-17(9-7-16)27(28,29)30)22(20-5-3-12-34-20)21-18(31-24)13-26(10-4-11-26)14-19(21)32/h3,5-9,12,15H,4,10-11,13-14H2,1-2H3. The first kappa shape index (κ1) is 23.0. The molecule has 3 aromatic rings. The first-order valence-corrected chi connectivity index (χ1v) is 12.3. The Bertz CT molecular complexity index is 1270. The summed E-state index contributed by atoms with van der Waals surface area (Å²) in [5, 5.41) is 1.89. The number of carbonyl (C=O) groups excluding carboxylic acids is 2. The monoisotopic (exact) mass is 483 g/mol. The van der Waals surface area contributed by atoms with Crippen LogP contribution in [0.1, 0.15) is 88.7 Å². The lowest BCUT2D eigenvalue weighted by molar-refractivity contribution is -0.137. The molecule has 2 heterocycles. The fourth-order valence-corrected chi connectivity index (χ4v) is 6.01. The lowest BCUT2D eigenvalue weighted by Gasteiger charge is -2.44. The molecule has 1 aromatic carbocycles. The number of hydrogen-bond acceptors (Lipinski definition) is 4. The average molecular weight is 484 g/mol. The van der Waals surface area contributed by atoms with Crippen LogP contribution < -0.4 is 0 Å². The molecule has 0 bridgehead atoms. The molecule has 0 saturated heterocycles. The minimum absolute atomic E-state index is 0.00799. The van der Waals surface area contributed by atoms with Crippen LogP contribution in [0.5, 0.6) is 0 Å². The number of benzene rings is 1. The van der Waals surface area contributed by atoms with Crippen molar-refractivity contribution < 1.29 is 22.8 Å². The van der Waals surface area contributed by atoms with E-state index in [1.807, 2.05) is 31.4 Å². The summed E-state index contributed by atoms with van der Waals surface area (Å²) in [7, 11) is 0. The van der Waals surface area contributed by atoms with Gasteiger partial charge in [0.25, 0.3) is 0 Å². The lowest BCUT2D eigenvalue weighted by Crippen LogP contribution is -2.39. The first-order chi connectivity index (χ1) is 16.1. The molecule has 2 aromatic heterocycles. The minimum atomic E-state index is -4.48. The van der Waals surface area contributed by atoms with E-state index in [9.17, 15) is 22.8 Å². The third-order valence-corrected chi connectivity index (χ3v) is 7.97. The van der Waals surface area contributed by atoms with E-state index in [2.05, 4.69) is 0 Å². The molecule has 2 aliphatic carbocycles. The molecule has 3 nitrogen and oxygen atoms in total. The molecule has 5 rings (SSSR count). The Hall–Kier alpha value is -2.80. The zero-order chi connectivity index (χ0) is 24.3. The molecular formula is C27H24F3NO2S. The maximum Gasteiger partial charge on any atom is 0.416 e. The van der Waals surface area contributed by atoms with Gasteiger partial charge in [-0.2, -0.15) is 13.2 Å². The molecule has 0 aliphatic heterocycles. The molecule has 1 fully saturated rings. The number of ketones is 2. The highest BCUT2D eigenvalue weighted by molar-refractivity contribution is 7.13. The largest absolute Gasteiger partial charge is 0.416 e. The lowest BCUT2D eigenvalue weighted by atomic mass is 9.59. The Morgan fingerprint density at radius 1 is 1.06 bits per heavy atom. The van der Waals surface area contributed by atoms with Gasteiger partial charge in [0.2, 0.25) is 0 Å². The number of fused-ring (bicyclic) bond motifs is 1. The van der Waals surface area contributed by atoms with Crippen molar-refractivity contribution in [1.29, 1.82) is 0 Å². The molecule has 7 heteroatoms. The number of Topliss-reactive ketones (excluding diaryl/α,β-unsaturated/α-hetero) is 1. The minimum Gasteiger partial charge on any atom is -0.294 e. The Labute approximate surface area is 200 Å². The van der Waals surface area contributed by atoms with Gasteiger partial charge >= 0.3 is 6.18 Å². The Morgan fingerprint density at radius 3 is 2.29 bits per heavy atom. The summed E-state index contributed by atoms with van der Waals surface area (Å²) < 4.78 is 39.2. The quantitative estimate of drug-likeness (QED) is 0.361. The van der Waals surface area contributed by atoms with Gasteiger partial charge in [-0.1, -0.05) is 38.5 Å². The van der Waals surface area contributed by atoms with E-state index in [-0.39, 0.29) is 22.7 Å². The van der Waals surface area contributed by atoms with Crippen molar-refractivity contribution in [3.63, 3.8) is 0 Å².